The van der Waals surface area contributed by atoms with Gasteiger partial charge >= 0.3 is 5.97 Å². The van der Waals surface area contributed by atoms with Crippen molar-refractivity contribution in [3.05, 3.63) is 0 Å². The van der Waals surface area contributed by atoms with Crippen molar-refractivity contribution < 1.29 is 19.1 Å². The Labute approximate surface area is 141 Å². The molecule has 0 aromatic carbocycles. The van der Waals surface area contributed by atoms with Crippen LogP contribution < -0.4 is 0 Å². The fourth-order valence-corrected chi connectivity index (χ4v) is 5.31. The van der Waals surface area contributed by atoms with E-state index in [1.807, 2.05) is 0 Å². The van der Waals surface area contributed by atoms with Gasteiger partial charge in [-0.3, -0.25) is 4.79 Å². The number of thiocarbonyl (C=S) groups is 1. The van der Waals surface area contributed by atoms with Crippen LogP contribution in [0.25, 0.3) is 0 Å². The first kappa shape index (κ1) is 17.9. The fraction of sp³-hybridized carbons (Fsp3) is 0.786. The van der Waals surface area contributed by atoms with Crippen molar-refractivity contribution in [1.82, 2.24) is 4.90 Å². The van der Waals surface area contributed by atoms with Gasteiger partial charge in [0.1, 0.15) is 0 Å². The summed E-state index contributed by atoms with van der Waals surface area (Å²) in [4.78, 5) is 24.8. The summed E-state index contributed by atoms with van der Waals surface area (Å²) >= 11 is 6.44. The second-order valence-electron chi connectivity index (χ2n) is 7.32. The third-order valence-electron chi connectivity index (χ3n) is 4.86. The molecule has 2 aliphatic rings. The topological polar surface area (TPSA) is 66.8 Å². The number of hydrogen-bond donors (Lipinski definition) is 1. The van der Waals surface area contributed by atoms with E-state index in [1.165, 1.54) is 16.7 Å². The number of thioether (sulfide) groups is 1. The number of amides is 1. The molecule has 0 radical (unpaired) electrons. The summed E-state index contributed by atoms with van der Waals surface area (Å²) in [5.74, 6) is -1.31. The highest BCUT2D eigenvalue weighted by atomic mass is 32.2. The summed E-state index contributed by atoms with van der Waals surface area (Å²) in [5, 5.41) is 9.19. The maximum absolute atomic E-state index is 12.2. The molecule has 0 saturated carbocycles. The Kier molecular flexibility index (Phi) is 4.79. The molecular formula is C14H23NO4S2Si. The number of carbonyl (C=O) groups excluding carboxylic acids is 1. The zero-order valence-corrected chi connectivity index (χ0v) is 16.2. The molecule has 3 atom stereocenters. The number of nitrogens with zero attached hydrogens (tertiary/aromatic N) is 1. The molecule has 2 heterocycles. The first-order valence-corrected chi connectivity index (χ1v) is 11.6. The molecule has 1 amide bonds. The van der Waals surface area contributed by atoms with Crippen LogP contribution in [-0.4, -0.2) is 52.4 Å². The second kappa shape index (κ2) is 5.88. The molecule has 2 fully saturated rings. The summed E-state index contributed by atoms with van der Waals surface area (Å²) in [7, 11) is -1.81. The molecule has 22 heavy (non-hydrogen) atoms. The van der Waals surface area contributed by atoms with E-state index in [4.69, 9.17) is 21.8 Å². The maximum Gasteiger partial charge on any atom is 0.332 e. The van der Waals surface area contributed by atoms with Gasteiger partial charge in [-0.05, 0) is 24.6 Å². The molecule has 8 heteroatoms. The normalized spacial score (nSPS) is 28.6. The van der Waals surface area contributed by atoms with Crippen LogP contribution in [0.15, 0.2) is 0 Å². The number of β-lactam (4-membered cyclic amide) rings is 1. The van der Waals surface area contributed by atoms with Crippen LogP contribution in [0.1, 0.15) is 27.2 Å². The average molecular weight is 362 g/mol. The van der Waals surface area contributed by atoms with Gasteiger partial charge in [0, 0.05) is 6.61 Å². The van der Waals surface area contributed by atoms with Crippen LogP contribution in [0.4, 0.5) is 0 Å². The largest absolute Gasteiger partial charge is 0.479 e. The van der Waals surface area contributed by atoms with E-state index < -0.39 is 20.3 Å². The van der Waals surface area contributed by atoms with Crippen molar-refractivity contribution in [2.24, 2.45) is 5.92 Å². The molecule has 0 spiro atoms. The smallest absolute Gasteiger partial charge is 0.332 e. The lowest BCUT2D eigenvalue weighted by atomic mass is 9.93. The summed E-state index contributed by atoms with van der Waals surface area (Å²) in [6, 6.07) is -0.935. The van der Waals surface area contributed by atoms with Crippen LogP contribution in [0.3, 0.4) is 0 Å². The van der Waals surface area contributed by atoms with Gasteiger partial charge in [0.15, 0.2) is 14.4 Å². The molecule has 0 aromatic heterocycles. The monoisotopic (exact) mass is 361 g/mol. The molecule has 0 aromatic rings. The lowest BCUT2D eigenvalue weighted by Crippen LogP contribution is -2.61. The van der Waals surface area contributed by atoms with E-state index in [-0.39, 0.29) is 22.2 Å². The van der Waals surface area contributed by atoms with Gasteiger partial charge in [-0.2, -0.15) is 0 Å². The van der Waals surface area contributed by atoms with Gasteiger partial charge < -0.3 is 14.4 Å². The molecule has 1 N–H and O–H groups in total. The second-order valence-corrected chi connectivity index (χ2v) is 14.0. The highest BCUT2D eigenvalue weighted by Gasteiger charge is 2.58. The number of carboxylic acids is 1. The van der Waals surface area contributed by atoms with Gasteiger partial charge in [0.05, 0.1) is 15.5 Å². The summed E-state index contributed by atoms with van der Waals surface area (Å²) in [6.07, 6.45) is 0.633. The maximum atomic E-state index is 12.2. The highest BCUT2D eigenvalue weighted by Crippen LogP contribution is 2.46. The minimum Gasteiger partial charge on any atom is -0.479 e. The van der Waals surface area contributed by atoms with E-state index in [2.05, 4.69) is 33.9 Å². The molecule has 2 unspecified atom stereocenters. The predicted molar refractivity (Wildman–Crippen MR) is 93.5 cm³/mol. The number of hydrogen-bond acceptors (Lipinski definition) is 5. The number of carboxylic acid groups (broad SMARTS) is 1. The van der Waals surface area contributed by atoms with E-state index >= 15 is 0 Å². The fourth-order valence-electron chi connectivity index (χ4n) is 2.40. The van der Waals surface area contributed by atoms with Crippen molar-refractivity contribution in [2.45, 2.75) is 56.7 Å². The SMILES string of the molecule is CC(C)(C)[Si](C)(C)OCC[C@H]1C(=O)N2C(C(=O)O)C(=S)SC12. The third-order valence-corrected chi connectivity index (χ3v) is 11.2. The van der Waals surface area contributed by atoms with E-state index in [1.54, 1.807) is 0 Å². The Bertz CT molecular complexity index is 517. The lowest BCUT2D eigenvalue weighted by molar-refractivity contribution is -0.160. The summed E-state index contributed by atoms with van der Waals surface area (Å²) in [5.41, 5.74) is 0. The first-order chi connectivity index (χ1) is 9.97. The van der Waals surface area contributed by atoms with Crippen LogP contribution in [0.5, 0.6) is 0 Å². The zero-order chi connectivity index (χ0) is 16.9. The average Bonchev–Trinajstić information content (AvgIpc) is 2.67. The van der Waals surface area contributed by atoms with E-state index in [9.17, 15) is 9.59 Å². The zero-order valence-electron chi connectivity index (χ0n) is 13.6. The molecular weight excluding hydrogens is 338 g/mol. The predicted octanol–water partition coefficient (Wildman–Crippen LogP) is 2.71. The molecule has 0 aliphatic carbocycles. The van der Waals surface area contributed by atoms with Gasteiger partial charge in [-0.15, -0.1) is 0 Å². The first-order valence-electron chi connectivity index (χ1n) is 7.37. The number of fused-ring (bicyclic) bond motifs is 1. The van der Waals surface area contributed by atoms with Crippen molar-refractivity contribution >= 4 is 48.4 Å². The molecule has 2 aliphatic heterocycles. The van der Waals surface area contributed by atoms with Gasteiger partial charge in [0.2, 0.25) is 5.91 Å². The Morgan fingerprint density at radius 2 is 2.05 bits per heavy atom. The van der Waals surface area contributed by atoms with Crippen molar-refractivity contribution in [2.75, 3.05) is 6.61 Å². The minimum atomic E-state index is -1.81. The Hall–Kier alpha value is -0.443. The van der Waals surface area contributed by atoms with Gasteiger partial charge in [0.25, 0.3) is 0 Å². The molecule has 2 rings (SSSR count). The molecule has 0 bridgehead atoms. The summed E-state index contributed by atoms with van der Waals surface area (Å²) in [6.45, 7) is 11.4. The van der Waals surface area contributed by atoms with Crippen LogP contribution in [0, 0.1) is 5.92 Å². The summed E-state index contributed by atoms with van der Waals surface area (Å²) < 4.78 is 6.50. The van der Waals surface area contributed by atoms with Crippen molar-refractivity contribution in [3.8, 4) is 0 Å². The minimum absolute atomic E-state index is 0.108. The molecule has 2 saturated heterocycles. The van der Waals surface area contributed by atoms with E-state index in [0.717, 1.165) is 0 Å². The molecule has 124 valence electrons. The van der Waals surface area contributed by atoms with Crippen molar-refractivity contribution in [3.63, 3.8) is 0 Å². The van der Waals surface area contributed by atoms with Crippen LogP contribution in [0.2, 0.25) is 18.1 Å². The molecule has 5 nitrogen and oxygen atoms in total. The highest BCUT2D eigenvalue weighted by molar-refractivity contribution is 8.24. The Morgan fingerprint density at radius 3 is 2.55 bits per heavy atom. The quantitative estimate of drug-likeness (QED) is 0.461. The van der Waals surface area contributed by atoms with Crippen molar-refractivity contribution in [1.29, 1.82) is 0 Å². The van der Waals surface area contributed by atoms with Gasteiger partial charge in [-0.1, -0.05) is 44.8 Å². The third kappa shape index (κ3) is 2.98. The van der Waals surface area contributed by atoms with Gasteiger partial charge in [-0.25, -0.2) is 4.79 Å². The van der Waals surface area contributed by atoms with Crippen LogP contribution in [-0.2, 0) is 14.0 Å². The lowest BCUT2D eigenvalue weighted by Gasteiger charge is -2.43. The van der Waals surface area contributed by atoms with Crippen LogP contribution >= 0.6 is 24.0 Å². The number of rotatable bonds is 5. The number of carbonyl (C=O) groups is 2. The number of aliphatic carboxylic acids is 1. The Morgan fingerprint density at radius 1 is 1.45 bits per heavy atom. The van der Waals surface area contributed by atoms with E-state index in [0.29, 0.717) is 17.2 Å². The standard InChI is InChI=1S/C14H23NO4S2Si/c1-14(2,3)22(4,5)19-7-6-8-10(16)15-9(12(17)18)13(20)21-11(8)15/h8-9,11H,6-7H2,1-5H3,(H,17,18)/t8-,9?,11?/m0/s1. The Balaban J connectivity index is 1.91.